The minimum Gasteiger partial charge on any atom is -0.507 e. The molecule has 0 saturated carbocycles. The molecule has 3 aromatic rings. The molecule has 170 valence electrons. The van der Waals surface area contributed by atoms with Crippen molar-refractivity contribution in [2.24, 2.45) is 0 Å². The van der Waals surface area contributed by atoms with E-state index in [1.54, 1.807) is 0 Å². The molecule has 0 amide bonds. The van der Waals surface area contributed by atoms with Gasteiger partial charge in [-0.05, 0) is 18.2 Å². The lowest BCUT2D eigenvalue weighted by atomic mass is 9.99. The summed E-state index contributed by atoms with van der Waals surface area (Å²) in [4.78, 5) is 12.5. The summed E-state index contributed by atoms with van der Waals surface area (Å²) >= 11 is 0. The summed E-state index contributed by atoms with van der Waals surface area (Å²) in [5.74, 6) is -1.34. The molecular formula is C21H20O11. The van der Waals surface area contributed by atoms with E-state index in [1.807, 2.05) is 0 Å². The number of fused-ring (bicyclic) bond motifs is 1. The summed E-state index contributed by atoms with van der Waals surface area (Å²) in [7, 11) is 0. The number of rotatable bonds is 4. The summed E-state index contributed by atoms with van der Waals surface area (Å²) in [5.41, 5.74) is -0.413. The first-order valence-electron chi connectivity index (χ1n) is 9.50. The van der Waals surface area contributed by atoms with Crippen LogP contribution in [0.25, 0.3) is 22.3 Å². The van der Waals surface area contributed by atoms with Crippen molar-refractivity contribution in [1.82, 2.24) is 0 Å². The molecule has 0 unspecified atom stereocenters. The lowest BCUT2D eigenvalue weighted by molar-refractivity contribution is -0.277. The highest BCUT2D eigenvalue weighted by Crippen LogP contribution is 2.35. The van der Waals surface area contributed by atoms with E-state index >= 15 is 0 Å². The zero-order valence-electron chi connectivity index (χ0n) is 16.3. The molecule has 2 heterocycles. The molecule has 0 spiro atoms. The number of hydrogen-bond donors (Lipinski definition) is 7. The monoisotopic (exact) mass is 448 g/mol. The highest BCUT2D eigenvalue weighted by Gasteiger charge is 2.44. The predicted molar refractivity (Wildman–Crippen MR) is 107 cm³/mol. The molecule has 1 saturated heterocycles. The average molecular weight is 448 g/mol. The number of phenols is 3. The third kappa shape index (κ3) is 3.83. The molecule has 11 nitrogen and oxygen atoms in total. The SMILES string of the molecule is O=c1cc(-c2ccc(O)c(O)c2)oc2cc(O[C@@H]3O[C@@H](CO)[C@H](O)[C@H](O)[C@H]3O)cc(O)c12. The normalized spacial score (nSPS) is 25.7. The number of aliphatic hydroxyl groups is 4. The number of aromatic hydroxyl groups is 3. The first-order chi connectivity index (χ1) is 15.2. The van der Waals surface area contributed by atoms with Gasteiger partial charge in [-0.25, -0.2) is 0 Å². The van der Waals surface area contributed by atoms with Crippen LogP contribution in [0.2, 0.25) is 0 Å². The average Bonchev–Trinajstić information content (AvgIpc) is 2.75. The molecule has 1 aliphatic heterocycles. The molecule has 7 N–H and O–H groups in total. The maximum atomic E-state index is 12.5. The van der Waals surface area contributed by atoms with Crippen molar-refractivity contribution in [2.45, 2.75) is 30.7 Å². The number of ether oxygens (including phenoxy) is 2. The van der Waals surface area contributed by atoms with Gasteiger partial charge in [0.2, 0.25) is 6.29 Å². The smallest absolute Gasteiger partial charge is 0.229 e. The molecule has 2 aromatic carbocycles. The van der Waals surface area contributed by atoms with Crippen LogP contribution >= 0.6 is 0 Å². The standard InChI is InChI=1S/C21H20O11/c22-7-16-18(27)19(28)20(29)21(32-16)30-9-4-12(25)17-13(26)6-14(31-15(17)5-9)8-1-2-10(23)11(24)3-8/h1-6,16,18-25,27-29H,7H2/t16-,18-,19-,20+,21+/m0/s1. The van der Waals surface area contributed by atoms with Crippen LogP contribution in [0, 0.1) is 0 Å². The summed E-state index contributed by atoms with van der Waals surface area (Å²) in [6, 6.07) is 7.23. The van der Waals surface area contributed by atoms with Crippen molar-refractivity contribution in [3.05, 3.63) is 46.6 Å². The molecule has 5 atom stereocenters. The van der Waals surface area contributed by atoms with Crippen LogP contribution in [0.15, 0.2) is 45.6 Å². The van der Waals surface area contributed by atoms with Gasteiger partial charge in [0.05, 0.1) is 6.61 Å². The van der Waals surface area contributed by atoms with E-state index in [0.29, 0.717) is 0 Å². The van der Waals surface area contributed by atoms with E-state index in [9.17, 15) is 40.5 Å². The van der Waals surface area contributed by atoms with Gasteiger partial charge < -0.3 is 49.6 Å². The zero-order valence-corrected chi connectivity index (χ0v) is 16.3. The van der Waals surface area contributed by atoms with Crippen LogP contribution in [0.5, 0.6) is 23.0 Å². The van der Waals surface area contributed by atoms with E-state index in [0.717, 1.165) is 12.1 Å². The Hall–Kier alpha value is -3.35. The van der Waals surface area contributed by atoms with Crippen LogP contribution in [0.4, 0.5) is 0 Å². The molecule has 1 aliphatic rings. The van der Waals surface area contributed by atoms with E-state index < -0.39 is 54.2 Å². The fourth-order valence-corrected chi connectivity index (χ4v) is 3.43. The molecule has 1 aromatic heterocycles. The molecule has 0 aliphatic carbocycles. The highest BCUT2D eigenvalue weighted by molar-refractivity contribution is 5.86. The van der Waals surface area contributed by atoms with Gasteiger partial charge in [0, 0.05) is 23.8 Å². The van der Waals surface area contributed by atoms with Gasteiger partial charge in [-0.2, -0.15) is 0 Å². The number of hydrogen-bond acceptors (Lipinski definition) is 11. The topological polar surface area (TPSA) is 190 Å². The minimum atomic E-state index is -1.68. The van der Waals surface area contributed by atoms with Gasteiger partial charge in [-0.3, -0.25) is 4.79 Å². The van der Waals surface area contributed by atoms with Crippen molar-refractivity contribution in [2.75, 3.05) is 6.61 Å². The fraction of sp³-hybridized carbons (Fsp3) is 0.286. The van der Waals surface area contributed by atoms with Crippen LogP contribution in [-0.4, -0.2) is 73.1 Å². The highest BCUT2D eigenvalue weighted by atomic mass is 16.7. The summed E-state index contributed by atoms with van der Waals surface area (Å²) in [5, 5.41) is 68.5. The second kappa shape index (κ2) is 8.30. The van der Waals surface area contributed by atoms with Gasteiger partial charge in [0.15, 0.2) is 16.9 Å². The van der Waals surface area contributed by atoms with Crippen LogP contribution < -0.4 is 10.2 Å². The van der Waals surface area contributed by atoms with Crippen LogP contribution in [0.3, 0.4) is 0 Å². The fourth-order valence-electron chi connectivity index (χ4n) is 3.43. The summed E-state index contributed by atoms with van der Waals surface area (Å²) < 4.78 is 16.4. The molecule has 0 radical (unpaired) electrons. The van der Waals surface area contributed by atoms with E-state index in [-0.39, 0.29) is 33.8 Å². The van der Waals surface area contributed by atoms with Crippen LogP contribution in [0.1, 0.15) is 0 Å². The predicted octanol–water partition coefficient (Wildman–Crippen LogP) is -0.245. The van der Waals surface area contributed by atoms with Crippen molar-refractivity contribution in [1.29, 1.82) is 0 Å². The zero-order chi connectivity index (χ0) is 23.2. The van der Waals surface area contributed by atoms with Crippen molar-refractivity contribution >= 4 is 11.0 Å². The van der Waals surface area contributed by atoms with E-state index in [1.165, 1.54) is 24.3 Å². The second-order valence-electron chi connectivity index (χ2n) is 7.31. The number of aliphatic hydroxyl groups excluding tert-OH is 4. The molecular weight excluding hydrogens is 428 g/mol. The lowest BCUT2D eigenvalue weighted by Crippen LogP contribution is -2.60. The third-order valence-corrected chi connectivity index (χ3v) is 5.14. The van der Waals surface area contributed by atoms with Gasteiger partial charge in [-0.15, -0.1) is 0 Å². The van der Waals surface area contributed by atoms with Gasteiger partial charge in [0.1, 0.15) is 52.6 Å². The van der Waals surface area contributed by atoms with Crippen molar-refractivity contribution in [3.63, 3.8) is 0 Å². The molecule has 0 bridgehead atoms. The van der Waals surface area contributed by atoms with Crippen molar-refractivity contribution in [3.8, 4) is 34.3 Å². The Kier molecular flexibility index (Phi) is 5.67. The lowest BCUT2D eigenvalue weighted by Gasteiger charge is -2.39. The van der Waals surface area contributed by atoms with Gasteiger partial charge in [-0.1, -0.05) is 0 Å². The quantitative estimate of drug-likeness (QED) is 0.261. The number of benzene rings is 2. The Morgan fingerprint density at radius 1 is 0.875 bits per heavy atom. The maximum absolute atomic E-state index is 12.5. The Morgan fingerprint density at radius 3 is 2.31 bits per heavy atom. The van der Waals surface area contributed by atoms with E-state index in [4.69, 9.17) is 13.9 Å². The molecule has 4 rings (SSSR count). The van der Waals surface area contributed by atoms with Crippen molar-refractivity contribution < 1.29 is 49.6 Å². The first kappa shape index (κ1) is 21.9. The van der Waals surface area contributed by atoms with Gasteiger partial charge in [0.25, 0.3) is 0 Å². The summed E-state index contributed by atoms with van der Waals surface area (Å²) in [6.45, 7) is -0.647. The largest absolute Gasteiger partial charge is 0.507 e. The second-order valence-corrected chi connectivity index (χ2v) is 7.31. The maximum Gasteiger partial charge on any atom is 0.229 e. The Morgan fingerprint density at radius 2 is 1.62 bits per heavy atom. The number of phenolic OH excluding ortho intramolecular Hbond substituents is 3. The molecule has 11 heteroatoms. The third-order valence-electron chi connectivity index (χ3n) is 5.14. The molecule has 1 fully saturated rings. The Bertz CT molecular complexity index is 1200. The first-order valence-corrected chi connectivity index (χ1v) is 9.50. The van der Waals surface area contributed by atoms with Crippen LogP contribution in [-0.2, 0) is 4.74 Å². The summed E-state index contributed by atoms with van der Waals surface area (Å²) in [6.07, 6.45) is -7.61. The molecule has 32 heavy (non-hydrogen) atoms. The minimum absolute atomic E-state index is 0.0298. The Balaban J connectivity index is 1.72. The van der Waals surface area contributed by atoms with E-state index in [2.05, 4.69) is 0 Å². The Labute approximate surface area is 179 Å². The van der Waals surface area contributed by atoms with Gasteiger partial charge >= 0.3 is 0 Å².